The van der Waals surface area contributed by atoms with Crippen molar-refractivity contribution >= 4 is 0 Å². The number of hydrogen-bond donors (Lipinski definition) is 2. The molecule has 2 rings (SSSR count). The molecule has 0 aromatic heterocycles. The molecule has 0 saturated carbocycles. The lowest BCUT2D eigenvalue weighted by atomic mass is 9.95. The third-order valence-corrected chi connectivity index (χ3v) is 4.25. The quantitative estimate of drug-likeness (QED) is 0.840. The van der Waals surface area contributed by atoms with Gasteiger partial charge in [-0.1, -0.05) is 13.8 Å². The van der Waals surface area contributed by atoms with Crippen molar-refractivity contribution in [2.24, 2.45) is 0 Å². The summed E-state index contributed by atoms with van der Waals surface area (Å²) in [6.45, 7) is 5.34. The highest BCUT2D eigenvalue weighted by Crippen LogP contribution is 2.35. The number of rotatable bonds is 6. The van der Waals surface area contributed by atoms with Crippen LogP contribution < -0.4 is 14.8 Å². The van der Waals surface area contributed by atoms with Crippen molar-refractivity contribution in [2.75, 3.05) is 20.3 Å². The number of aliphatic hydroxyl groups is 1. The van der Waals surface area contributed by atoms with E-state index in [0.29, 0.717) is 13.2 Å². The third-order valence-electron chi connectivity index (χ3n) is 4.25. The molecule has 0 spiro atoms. The van der Waals surface area contributed by atoms with Gasteiger partial charge in [-0.05, 0) is 31.0 Å². The molecule has 1 unspecified atom stereocenters. The predicted molar refractivity (Wildman–Crippen MR) is 79.4 cm³/mol. The first-order chi connectivity index (χ1) is 9.61. The molecule has 1 aliphatic heterocycles. The minimum Gasteiger partial charge on any atom is -0.497 e. The lowest BCUT2D eigenvalue weighted by molar-refractivity contribution is 0.0283. The number of ether oxygens (including phenoxy) is 2. The monoisotopic (exact) mass is 279 g/mol. The molecule has 0 aliphatic carbocycles. The summed E-state index contributed by atoms with van der Waals surface area (Å²) in [4.78, 5) is 0. The Balaban J connectivity index is 2.11. The second kappa shape index (κ2) is 6.46. The molecule has 0 radical (unpaired) electrons. The molecule has 0 fully saturated rings. The molecule has 4 heteroatoms. The van der Waals surface area contributed by atoms with E-state index < -0.39 is 5.60 Å². The molecule has 1 heterocycles. The average Bonchev–Trinajstić information content (AvgIpc) is 2.52. The Hall–Kier alpha value is -1.26. The predicted octanol–water partition coefficient (Wildman–Crippen LogP) is 2.66. The van der Waals surface area contributed by atoms with Gasteiger partial charge in [0.05, 0.1) is 19.3 Å². The van der Waals surface area contributed by atoms with Gasteiger partial charge in [-0.25, -0.2) is 0 Å². The van der Waals surface area contributed by atoms with Gasteiger partial charge in [0, 0.05) is 24.6 Å². The fourth-order valence-electron chi connectivity index (χ4n) is 2.52. The Labute approximate surface area is 121 Å². The van der Waals surface area contributed by atoms with Crippen LogP contribution in [0.25, 0.3) is 0 Å². The highest BCUT2D eigenvalue weighted by molar-refractivity contribution is 5.43. The van der Waals surface area contributed by atoms with Crippen LogP contribution in [0.15, 0.2) is 18.2 Å². The molecule has 20 heavy (non-hydrogen) atoms. The van der Waals surface area contributed by atoms with Gasteiger partial charge in [0.1, 0.15) is 11.5 Å². The van der Waals surface area contributed by atoms with Gasteiger partial charge >= 0.3 is 0 Å². The van der Waals surface area contributed by atoms with E-state index in [1.54, 1.807) is 7.11 Å². The van der Waals surface area contributed by atoms with Crippen LogP contribution in [-0.4, -0.2) is 31.0 Å². The second-order valence-corrected chi connectivity index (χ2v) is 5.41. The molecule has 0 saturated heterocycles. The van der Waals surface area contributed by atoms with Gasteiger partial charge in [-0.2, -0.15) is 0 Å². The van der Waals surface area contributed by atoms with Gasteiger partial charge in [0.25, 0.3) is 0 Å². The summed E-state index contributed by atoms with van der Waals surface area (Å²) in [5, 5.41) is 13.9. The Morgan fingerprint density at radius 3 is 2.80 bits per heavy atom. The van der Waals surface area contributed by atoms with Gasteiger partial charge in [-0.15, -0.1) is 0 Å². The van der Waals surface area contributed by atoms with Gasteiger partial charge < -0.3 is 19.9 Å². The van der Waals surface area contributed by atoms with Crippen LogP contribution in [0.4, 0.5) is 0 Å². The minimum absolute atomic E-state index is 0.207. The van der Waals surface area contributed by atoms with E-state index in [-0.39, 0.29) is 6.04 Å². The zero-order chi connectivity index (χ0) is 14.6. The highest BCUT2D eigenvalue weighted by Gasteiger charge is 2.27. The first kappa shape index (κ1) is 15.1. The number of methoxy groups -OCH3 is 1. The van der Waals surface area contributed by atoms with Crippen LogP contribution in [0.5, 0.6) is 11.5 Å². The third kappa shape index (κ3) is 3.25. The number of nitrogens with one attached hydrogen (secondary N) is 1. The van der Waals surface area contributed by atoms with Crippen molar-refractivity contribution in [3.8, 4) is 11.5 Å². The average molecular weight is 279 g/mol. The normalized spacial score (nSPS) is 18.3. The fourth-order valence-corrected chi connectivity index (χ4v) is 2.52. The van der Waals surface area contributed by atoms with E-state index >= 15 is 0 Å². The van der Waals surface area contributed by atoms with E-state index in [4.69, 9.17) is 9.47 Å². The van der Waals surface area contributed by atoms with Crippen molar-refractivity contribution in [3.05, 3.63) is 23.8 Å². The maximum absolute atomic E-state index is 10.4. The standard InChI is InChI=1S/C16H25NO3/c1-4-16(18,5-2)11-17-14-8-9-20-15-7-6-12(19-3)10-13(14)15/h6-7,10,14,17-18H,4-5,8-9,11H2,1-3H3. The smallest absolute Gasteiger partial charge is 0.124 e. The van der Waals surface area contributed by atoms with Crippen LogP contribution in [0.2, 0.25) is 0 Å². The summed E-state index contributed by atoms with van der Waals surface area (Å²) >= 11 is 0. The molecule has 1 aromatic rings. The molecular weight excluding hydrogens is 254 g/mol. The first-order valence-corrected chi connectivity index (χ1v) is 7.38. The van der Waals surface area contributed by atoms with E-state index in [2.05, 4.69) is 5.32 Å². The molecule has 112 valence electrons. The fraction of sp³-hybridized carbons (Fsp3) is 0.625. The summed E-state index contributed by atoms with van der Waals surface area (Å²) < 4.78 is 11.0. The molecule has 1 aromatic carbocycles. The second-order valence-electron chi connectivity index (χ2n) is 5.41. The van der Waals surface area contributed by atoms with Crippen LogP contribution >= 0.6 is 0 Å². The van der Waals surface area contributed by atoms with E-state index in [1.807, 2.05) is 32.0 Å². The van der Waals surface area contributed by atoms with Crippen LogP contribution in [0.1, 0.15) is 44.7 Å². The Morgan fingerprint density at radius 1 is 1.40 bits per heavy atom. The Kier molecular flexibility index (Phi) is 4.89. The summed E-state index contributed by atoms with van der Waals surface area (Å²) in [6.07, 6.45) is 2.42. The summed E-state index contributed by atoms with van der Waals surface area (Å²) in [7, 11) is 1.67. The summed E-state index contributed by atoms with van der Waals surface area (Å²) in [5.74, 6) is 1.74. The largest absolute Gasteiger partial charge is 0.497 e. The van der Waals surface area contributed by atoms with E-state index in [1.165, 1.54) is 0 Å². The topological polar surface area (TPSA) is 50.7 Å². The Morgan fingerprint density at radius 2 is 2.15 bits per heavy atom. The zero-order valence-corrected chi connectivity index (χ0v) is 12.6. The molecule has 2 N–H and O–H groups in total. The number of fused-ring (bicyclic) bond motifs is 1. The van der Waals surface area contributed by atoms with Crippen molar-refractivity contribution in [1.82, 2.24) is 5.32 Å². The van der Waals surface area contributed by atoms with Crippen LogP contribution in [0.3, 0.4) is 0 Å². The van der Waals surface area contributed by atoms with Crippen LogP contribution in [0, 0.1) is 0 Å². The van der Waals surface area contributed by atoms with Crippen molar-refractivity contribution in [3.63, 3.8) is 0 Å². The number of hydrogen-bond acceptors (Lipinski definition) is 4. The van der Waals surface area contributed by atoms with Gasteiger partial charge in [0.15, 0.2) is 0 Å². The number of benzene rings is 1. The Bertz CT molecular complexity index is 443. The minimum atomic E-state index is -0.628. The summed E-state index contributed by atoms with van der Waals surface area (Å²) in [5.41, 5.74) is 0.488. The maximum atomic E-state index is 10.4. The first-order valence-electron chi connectivity index (χ1n) is 7.38. The lowest BCUT2D eigenvalue weighted by Gasteiger charge is -2.32. The zero-order valence-electron chi connectivity index (χ0n) is 12.6. The van der Waals surface area contributed by atoms with Crippen molar-refractivity contribution < 1.29 is 14.6 Å². The van der Waals surface area contributed by atoms with Crippen molar-refractivity contribution in [1.29, 1.82) is 0 Å². The molecule has 4 nitrogen and oxygen atoms in total. The van der Waals surface area contributed by atoms with Crippen molar-refractivity contribution in [2.45, 2.75) is 44.8 Å². The highest BCUT2D eigenvalue weighted by atomic mass is 16.5. The molecule has 0 bridgehead atoms. The molecule has 1 atom stereocenters. The molecular formula is C16H25NO3. The lowest BCUT2D eigenvalue weighted by Crippen LogP contribution is -2.42. The molecule has 1 aliphatic rings. The summed E-state index contributed by atoms with van der Waals surface area (Å²) in [6, 6.07) is 6.09. The van der Waals surface area contributed by atoms with Gasteiger partial charge in [-0.3, -0.25) is 0 Å². The van der Waals surface area contributed by atoms with Crippen LogP contribution in [-0.2, 0) is 0 Å². The van der Waals surface area contributed by atoms with E-state index in [9.17, 15) is 5.11 Å². The SMILES string of the molecule is CCC(O)(CC)CNC1CCOc2ccc(OC)cc21. The maximum Gasteiger partial charge on any atom is 0.124 e. The molecule has 0 amide bonds. The van der Waals surface area contributed by atoms with E-state index in [0.717, 1.165) is 36.3 Å². The van der Waals surface area contributed by atoms with Gasteiger partial charge in [0.2, 0.25) is 0 Å².